The number of nitrogens with zero attached hydrogens (tertiary/aromatic N) is 3. The first-order valence-corrected chi connectivity index (χ1v) is 24.6. The van der Waals surface area contributed by atoms with Crippen molar-refractivity contribution in [2.45, 2.75) is 0 Å². The molecule has 0 unspecified atom stereocenters. The Morgan fingerprint density at radius 2 is 0.700 bits per heavy atom. The monoisotopic (exact) mass is 911 g/mol. The van der Waals surface area contributed by atoms with Crippen molar-refractivity contribution in [3.8, 4) is 39.1 Å². The van der Waals surface area contributed by atoms with Crippen LogP contribution in [0.25, 0.3) is 81.0 Å². The molecular weight excluding hydrogens is 867 g/mol. The van der Waals surface area contributed by atoms with E-state index in [-0.39, 0.29) is 0 Å². The van der Waals surface area contributed by atoms with Crippen molar-refractivity contribution in [1.82, 2.24) is 4.57 Å². The van der Waals surface area contributed by atoms with Crippen molar-refractivity contribution >= 4 is 87.4 Å². The van der Waals surface area contributed by atoms with Crippen molar-refractivity contribution in [2.75, 3.05) is 9.80 Å². The number of anilines is 6. The van der Waals surface area contributed by atoms with Gasteiger partial charge < -0.3 is 14.4 Å². The fourth-order valence-electron chi connectivity index (χ4n) is 10.2. The Morgan fingerprint density at radius 3 is 1.41 bits per heavy atom. The zero-order valence-electron chi connectivity index (χ0n) is 38.2. The highest BCUT2D eigenvalue weighted by Crippen LogP contribution is 2.44. The molecule has 330 valence electrons. The van der Waals surface area contributed by atoms with Crippen molar-refractivity contribution < 1.29 is 0 Å². The highest BCUT2D eigenvalue weighted by atomic mass is 32.1. The molecule has 2 aromatic heterocycles. The summed E-state index contributed by atoms with van der Waals surface area (Å²) in [6.45, 7) is 0. The second-order valence-electron chi connectivity index (χ2n) is 17.8. The molecule has 0 radical (unpaired) electrons. The molecule has 70 heavy (non-hydrogen) atoms. The van der Waals surface area contributed by atoms with Gasteiger partial charge in [-0.15, -0.1) is 11.3 Å². The molecule has 13 aromatic rings. The predicted octanol–water partition coefficient (Wildman–Crippen LogP) is 19.1. The highest BCUT2D eigenvalue weighted by molar-refractivity contribution is 7.25. The number of para-hydroxylation sites is 4. The van der Waals surface area contributed by atoms with Gasteiger partial charge in [0.15, 0.2) is 0 Å². The molecule has 0 fully saturated rings. The van der Waals surface area contributed by atoms with Crippen molar-refractivity contribution in [1.29, 1.82) is 0 Å². The van der Waals surface area contributed by atoms with E-state index < -0.39 is 0 Å². The molecule has 13 rings (SSSR count). The molecule has 0 saturated heterocycles. The molecule has 0 aliphatic rings. The third-order valence-electron chi connectivity index (χ3n) is 13.5. The molecule has 11 aromatic carbocycles. The number of rotatable bonds is 10. The maximum absolute atomic E-state index is 2.40. The molecule has 0 N–H and O–H groups in total. The predicted molar refractivity (Wildman–Crippen MR) is 299 cm³/mol. The van der Waals surface area contributed by atoms with Gasteiger partial charge in [0.25, 0.3) is 0 Å². The van der Waals surface area contributed by atoms with Crippen LogP contribution in [0.15, 0.2) is 273 Å². The fourth-order valence-corrected chi connectivity index (χ4v) is 11.3. The number of benzene rings is 11. The first-order chi connectivity index (χ1) is 34.7. The minimum Gasteiger partial charge on any atom is -0.310 e. The average Bonchev–Trinajstić information content (AvgIpc) is 3.97. The largest absolute Gasteiger partial charge is 0.310 e. The first kappa shape index (κ1) is 41.2. The minimum absolute atomic E-state index is 1.07. The lowest BCUT2D eigenvalue weighted by Crippen LogP contribution is -2.13. The molecule has 0 aliphatic carbocycles. The van der Waals surface area contributed by atoms with Gasteiger partial charge in [-0.25, -0.2) is 0 Å². The van der Waals surface area contributed by atoms with E-state index in [0.717, 1.165) is 39.7 Å². The Hall–Kier alpha value is -8.96. The van der Waals surface area contributed by atoms with E-state index in [1.165, 1.54) is 75.5 Å². The Balaban J connectivity index is 0.883. The normalized spacial score (nSPS) is 11.4. The van der Waals surface area contributed by atoms with Gasteiger partial charge in [0.1, 0.15) is 0 Å². The van der Waals surface area contributed by atoms with Gasteiger partial charge in [0.2, 0.25) is 0 Å². The highest BCUT2D eigenvalue weighted by Gasteiger charge is 2.19. The van der Waals surface area contributed by atoms with Crippen LogP contribution >= 0.6 is 11.3 Å². The molecule has 3 nitrogen and oxygen atoms in total. The smallest absolute Gasteiger partial charge is 0.0547 e. The van der Waals surface area contributed by atoms with Gasteiger partial charge in [0, 0.05) is 70.8 Å². The summed E-state index contributed by atoms with van der Waals surface area (Å²) in [5.74, 6) is 0. The van der Waals surface area contributed by atoms with Crippen LogP contribution in [0.1, 0.15) is 0 Å². The van der Waals surface area contributed by atoms with Crippen LogP contribution in [-0.4, -0.2) is 4.57 Å². The van der Waals surface area contributed by atoms with Gasteiger partial charge in [-0.05, 0) is 143 Å². The lowest BCUT2D eigenvalue weighted by molar-refractivity contribution is 1.18. The van der Waals surface area contributed by atoms with Crippen LogP contribution < -0.4 is 9.80 Å². The topological polar surface area (TPSA) is 11.4 Å². The molecular formula is C66H45N3S. The standard InChI is InChI=1S/C66H45N3S/c1-5-17-46(18-6-1)47-31-36-55(37-32-47)68(58-28-16-27-57(45-58)67(52-20-7-2-8-21-52)53-22-9-3-10-23-53)56-26-15-19-48(41-56)51-34-39-61-62-42-49(35-40-65(62)70-66(61)44-51)50-33-38-60-59-29-13-14-30-63(59)69(64(60)43-50)54-24-11-4-12-25-54/h1-45H. The molecule has 0 bridgehead atoms. The summed E-state index contributed by atoms with van der Waals surface area (Å²) in [5, 5.41) is 5.09. The lowest BCUT2D eigenvalue weighted by atomic mass is 9.99. The van der Waals surface area contributed by atoms with Crippen LogP contribution in [-0.2, 0) is 0 Å². The summed E-state index contributed by atoms with van der Waals surface area (Å²) in [6, 6.07) is 99.0. The molecule has 0 amide bonds. The Labute approximate surface area is 411 Å². The maximum Gasteiger partial charge on any atom is 0.0547 e. The lowest BCUT2D eigenvalue weighted by Gasteiger charge is -2.29. The first-order valence-electron chi connectivity index (χ1n) is 23.8. The van der Waals surface area contributed by atoms with Crippen LogP contribution in [0.5, 0.6) is 0 Å². The van der Waals surface area contributed by atoms with Gasteiger partial charge in [-0.2, -0.15) is 0 Å². The number of hydrogen-bond donors (Lipinski definition) is 0. The van der Waals surface area contributed by atoms with Crippen molar-refractivity contribution in [3.63, 3.8) is 0 Å². The van der Waals surface area contributed by atoms with Gasteiger partial charge in [-0.3, -0.25) is 0 Å². The van der Waals surface area contributed by atoms with E-state index in [2.05, 4.69) is 287 Å². The molecule has 0 saturated carbocycles. The Morgan fingerprint density at radius 1 is 0.243 bits per heavy atom. The summed E-state index contributed by atoms with van der Waals surface area (Å²) < 4.78 is 4.96. The zero-order chi connectivity index (χ0) is 46.4. The van der Waals surface area contributed by atoms with E-state index in [0.29, 0.717) is 0 Å². The van der Waals surface area contributed by atoms with Crippen LogP contribution in [0, 0.1) is 0 Å². The van der Waals surface area contributed by atoms with Gasteiger partial charge >= 0.3 is 0 Å². The van der Waals surface area contributed by atoms with Crippen molar-refractivity contribution in [3.05, 3.63) is 273 Å². The second kappa shape index (κ2) is 17.6. The van der Waals surface area contributed by atoms with E-state index >= 15 is 0 Å². The van der Waals surface area contributed by atoms with Crippen LogP contribution in [0.3, 0.4) is 0 Å². The zero-order valence-corrected chi connectivity index (χ0v) is 39.0. The molecule has 0 spiro atoms. The van der Waals surface area contributed by atoms with E-state index in [1.807, 2.05) is 11.3 Å². The third-order valence-corrected chi connectivity index (χ3v) is 14.7. The number of aromatic nitrogens is 1. The third kappa shape index (κ3) is 7.48. The quantitative estimate of drug-likeness (QED) is 0.135. The summed E-state index contributed by atoms with van der Waals surface area (Å²) in [6.07, 6.45) is 0. The van der Waals surface area contributed by atoms with E-state index in [4.69, 9.17) is 0 Å². The molecule has 2 heterocycles. The number of fused-ring (bicyclic) bond motifs is 6. The van der Waals surface area contributed by atoms with E-state index in [9.17, 15) is 0 Å². The van der Waals surface area contributed by atoms with E-state index in [1.54, 1.807) is 0 Å². The average molecular weight is 912 g/mol. The maximum atomic E-state index is 2.40. The summed E-state index contributed by atoms with van der Waals surface area (Å²) in [4.78, 5) is 4.70. The second-order valence-corrected chi connectivity index (χ2v) is 18.9. The minimum atomic E-state index is 1.07. The fraction of sp³-hybridized carbons (Fsp3) is 0. The van der Waals surface area contributed by atoms with Crippen LogP contribution in [0.2, 0.25) is 0 Å². The molecule has 4 heteroatoms. The number of thiophene rings is 1. The van der Waals surface area contributed by atoms with Gasteiger partial charge in [0.05, 0.1) is 11.0 Å². The van der Waals surface area contributed by atoms with Crippen LogP contribution in [0.4, 0.5) is 34.1 Å². The summed E-state index contributed by atoms with van der Waals surface area (Å²) >= 11 is 1.86. The Bertz CT molecular complexity index is 3950. The SMILES string of the molecule is c1ccc(-c2ccc(N(c3cccc(-c4ccc5c(c4)sc4ccc(-c6ccc7c8ccccc8n(-c8ccccc8)c7c6)cc45)c3)c3cccc(N(c4ccccc4)c4ccccc4)c3)cc2)cc1. The summed E-state index contributed by atoms with van der Waals surface area (Å²) in [7, 11) is 0. The molecule has 0 aliphatic heterocycles. The summed E-state index contributed by atoms with van der Waals surface area (Å²) in [5.41, 5.74) is 17.3. The Kier molecular flexibility index (Phi) is 10.4. The molecule has 0 atom stereocenters. The van der Waals surface area contributed by atoms with Gasteiger partial charge in [-0.1, -0.05) is 164 Å². The number of hydrogen-bond acceptors (Lipinski definition) is 3. The van der Waals surface area contributed by atoms with Crippen molar-refractivity contribution in [2.24, 2.45) is 0 Å².